The van der Waals surface area contributed by atoms with Gasteiger partial charge in [0.05, 0.1) is 6.54 Å². The molecule has 8 nitrogen and oxygen atoms in total. The molecule has 158 valence electrons. The highest BCUT2D eigenvalue weighted by Crippen LogP contribution is 2.41. The Kier molecular flexibility index (Phi) is 5.70. The van der Waals surface area contributed by atoms with E-state index in [4.69, 9.17) is 20.2 Å². The number of rotatable bonds is 5. The number of nitrogens with two attached hydrogens (primary N) is 1. The van der Waals surface area contributed by atoms with Crippen molar-refractivity contribution in [3.63, 3.8) is 0 Å². The molecule has 0 saturated carbocycles. The number of benzene rings is 1. The number of nitrogens with zero attached hydrogens (tertiary/aromatic N) is 3. The maximum Gasteiger partial charge on any atom is 0.294 e. The van der Waals surface area contributed by atoms with E-state index in [1.807, 2.05) is 12.1 Å². The average molecular weight is 492 g/mol. The summed E-state index contributed by atoms with van der Waals surface area (Å²) in [6.45, 7) is 4.23. The van der Waals surface area contributed by atoms with Gasteiger partial charge in [-0.3, -0.25) is 0 Å². The zero-order valence-electron chi connectivity index (χ0n) is 16.5. The van der Waals surface area contributed by atoms with Gasteiger partial charge in [0.15, 0.2) is 17.0 Å². The Bertz CT molecular complexity index is 1070. The zero-order chi connectivity index (χ0) is 20.5. The molecule has 3 aromatic rings. The summed E-state index contributed by atoms with van der Waals surface area (Å²) in [6, 6.07) is 3.91. The maximum atomic E-state index is 6.13. The lowest BCUT2D eigenvalue weighted by atomic mass is 9.95. The van der Waals surface area contributed by atoms with Gasteiger partial charge < -0.3 is 25.5 Å². The molecule has 2 aliphatic heterocycles. The van der Waals surface area contributed by atoms with Crippen molar-refractivity contribution >= 4 is 44.7 Å². The lowest BCUT2D eigenvalue weighted by Gasteiger charge is -2.21. The number of nitrogens with one attached hydrogen (secondary N) is 2. The molecule has 1 saturated heterocycles. The first-order valence-electron chi connectivity index (χ1n) is 10.2. The Morgan fingerprint density at radius 1 is 1.20 bits per heavy atom. The summed E-state index contributed by atoms with van der Waals surface area (Å²) in [7, 11) is 0. The SMILES string of the molecule is Nc1nc[n+](CCC2CCNCC2)c2nc(Sc3cc4c(cc3Br)OCCO4)[nH]c12. The van der Waals surface area contributed by atoms with E-state index < -0.39 is 0 Å². The minimum absolute atomic E-state index is 0.462. The topological polar surface area (TPSA) is 102 Å². The van der Waals surface area contributed by atoms with Gasteiger partial charge in [-0.15, -0.1) is 0 Å². The molecule has 2 aliphatic rings. The molecule has 0 aliphatic carbocycles. The van der Waals surface area contributed by atoms with Gasteiger partial charge in [0.1, 0.15) is 13.2 Å². The van der Waals surface area contributed by atoms with E-state index in [0.29, 0.717) is 19.0 Å². The van der Waals surface area contributed by atoms with Crippen LogP contribution in [0.5, 0.6) is 11.5 Å². The second-order valence-electron chi connectivity index (χ2n) is 7.57. The van der Waals surface area contributed by atoms with Crippen molar-refractivity contribution in [1.82, 2.24) is 20.3 Å². The molecule has 30 heavy (non-hydrogen) atoms. The Morgan fingerprint density at radius 2 is 1.97 bits per heavy atom. The fraction of sp³-hybridized carbons (Fsp3) is 0.450. The summed E-state index contributed by atoms with van der Waals surface area (Å²) < 4.78 is 14.4. The van der Waals surface area contributed by atoms with E-state index in [2.05, 4.69) is 35.8 Å². The quantitative estimate of drug-likeness (QED) is 0.471. The summed E-state index contributed by atoms with van der Waals surface area (Å²) in [5.74, 6) is 2.71. The number of fused-ring (bicyclic) bond motifs is 2. The highest BCUT2D eigenvalue weighted by molar-refractivity contribution is 9.10. The molecule has 0 unspecified atom stereocenters. The van der Waals surface area contributed by atoms with E-state index >= 15 is 0 Å². The summed E-state index contributed by atoms with van der Waals surface area (Å²) in [5.41, 5.74) is 7.75. The van der Waals surface area contributed by atoms with E-state index in [1.54, 1.807) is 6.33 Å². The number of halogens is 1. The first kappa shape index (κ1) is 19.9. The molecule has 2 aromatic heterocycles. The predicted molar refractivity (Wildman–Crippen MR) is 118 cm³/mol. The molecule has 10 heteroatoms. The molecule has 1 aromatic carbocycles. The van der Waals surface area contributed by atoms with E-state index in [-0.39, 0.29) is 0 Å². The highest BCUT2D eigenvalue weighted by atomic mass is 79.9. The number of piperidine rings is 1. The summed E-state index contributed by atoms with van der Waals surface area (Å²) in [6.07, 6.45) is 5.38. The monoisotopic (exact) mass is 491 g/mol. The molecule has 0 atom stereocenters. The molecular weight excluding hydrogens is 468 g/mol. The molecule has 0 amide bonds. The number of aromatic amines is 1. The van der Waals surface area contributed by atoms with Gasteiger partial charge in [-0.2, -0.15) is 0 Å². The second-order valence-corrected chi connectivity index (χ2v) is 9.46. The molecule has 4 N–H and O–H groups in total. The van der Waals surface area contributed by atoms with Crippen molar-refractivity contribution in [1.29, 1.82) is 0 Å². The Labute approximate surface area is 187 Å². The molecule has 0 radical (unpaired) electrons. The van der Waals surface area contributed by atoms with Crippen LogP contribution in [0, 0.1) is 5.92 Å². The van der Waals surface area contributed by atoms with Crippen LogP contribution in [0.2, 0.25) is 0 Å². The van der Waals surface area contributed by atoms with Gasteiger partial charge in [-0.25, -0.2) is 4.57 Å². The van der Waals surface area contributed by atoms with Gasteiger partial charge in [0, 0.05) is 9.37 Å². The summed E-state index contributed by atoms with van der Waals surface area (Å²) >= 11 is 5.15. The first-order chi connectivity index (χ1) is 14.7. The Hall–Kier alpha value is -2.04. The first-order valence-corrected chi connectivity index (χ1v) is 11.8. The third-order valence-electron chi connectivity index (χ3n) is 5.57. The highest BCUT2D eigenvalue weighted by Gasteiger charge is 2.22. The van der Waals surface area contributed by atoms with Gasteiger partial charge in [0.2, 0.25) is 17.3 Å². The standard InChI is InChI=1S/C20H23BrN6O2S/c21-13-9-14-15(29-8-7-28-14)10-16(13)30-20-25-17-18(22)24-11-27(19(17)26-20)6-3-12-1-4-23-5-2-12/h9-12,23H,1-8H2,(H2,22,25,26)/p+1. The number of imidazole rings is 1. The number of anilines is 1. The summed E-state index contributed by atoms with van der Waals surface area (Å²) in [4.78, 5) is 13.5. The van der Waals surface area contributed by atoms with Crippen LogP contribution < -0.4 is 25.1 Å². The number of H-pyrrole nitrogens is 1. The van der Waals surface area contributed by atoms with Crippen molar-refractivity contribution in [3.05, 3.63) is 22.9 Å². The Balaban J connectivity index is 1.40. The molecular formula is C20H24BrN6O2S+. The maximum absolute atomic E-state index is 6.13. The van der Waals surface area contributed by atoms with Crippen molar-refractivity contribution in [2.24, 2.45) is 5.92 Å². The van der Waals surface area contributed by atoms with Gasteiger partial charge in [-0.1, -0.05) is 9.97 Å². The van der Waals surface area contributed by atoms with Crippen LogP contribution >= 0.6 is 27.7 Å². The second kappa shape index (κ2) is 8.60. The largest absolute Gasteiger partial charge is 0.486 e. The minimum atomic E-state index is 0.462. The van der Waals surface area contributed by atoms with Crippen molar-refractivity contribution < 1.29 is 14.0 Å². The third-order valence-corrected chi connectivity index (χ3v) is 7.43. The van der Waals surface area contributed by atoms with Gasteiger partial charge in [0.25, 0.3) is 5.65 Å². The lowest BCUT2D eigenvalue weighted by molar-refractivity contribution is -0.677. The molecule has 0 spiro atoms. The van der Waals surface area contributed by atoms with Crippen LogP contribution in [-0.4, -0.2) is 41.3 Å². The third kappa shape index (κ3) is 4.08. The molecule has 4 heterocycles. The van der Waals surface area contributed by atoms with Crippen LogP contribution in [-0.2, 0) is 6.54 Å². The number of hydrogen-bond acceptors (Lipinski definition) is 7. The number of aryl methyl sites for hydroxylation is 1. The van der Waals surface area contributed by atoms with Gasteiger partial charge >= 0.3 is 0 Å². The van der Waals surface area contributed by atoms with E-state index in [1.165, 1.54) is 24.6 Å². The zero-order valence-corrected chi connectivity index (χ0v) is 18.9. The predicted octanol–water partition coefficient (Wildman–Crippen LogP) is 2.90. The van der Waals surface area contributed by atoms with Crippen molar-refractivity contribution in [2.75, 3.05) is 32.0 Å². The minimum Gasteiger partial charge on any atom is -0.486 e. The number of aromatic nitrogens is 4. The number of ether oxygens (including phenoxy) is 2. The summed E-state index contributed by atoms with van der Waals surface area (Å²) in [5, 5.41) is 4.19. The number of hydrogen-bond donors (Lipinski definition) is 3. The van der Waals surface area contributed by atoms with Crippen LogP contribution in [0.25, 0.3) is 11.2 Å². The molecule has 0 bridgehead atoms. The van der Waals surface area contributed by atoms with E-state index in [0.717, 1.165) is 69.2 Å². The van der Waals surface area contributed by atoms with Gasteiger partial charge in [-0.05, 0) is 78.1 Å². The fourth-order valence-corrected chi connectivity index (χ4v) is 5.29. The Morgan fingerprint density at radius 3 is 2.77 bits per heavy atom. The average Bonchev–Trinajstić information content (AvgIpc) is 3.19. The smallest absolute Gasteiger partial charge is 0.294 e. The van der Waals surface area contributed by atoms with Crippen LogP contribution in [0.1, 0.15) is 19.3 Å². The fourth-order valence-electron chi connectivity index (χ4n) is 3.91. The van der Waals surface area contributed by atoms with Crippen molar-refractivity contribution in [2.45, 2.75) is 35.9 Å². The van der Waals surface area contributed by atoms with Crippen LogP contribution in [0.4, 0.5) is 5.82 Å². The number of nitrogen functional groups attached to an aromatic ring is 1. The molecule has 1 fully saturated rings. The van der Waals surface area contributed by atoms with Crippen molar-refractivity contribution in [3.8, 4) is 11.5 Å². The van der Waals surface area contributed by atoms with E-state index in [9.17, 15) is 0 Å². The lowest BCUT2D eigenvalue weighted by Crippen LogP contribution is -2.38. The van der Waals surface area contributed by atoms with Crippen LogP contribution in [0.15, 0.2) is 33.0 Å². The van der Waals surface area contributed by atoms with Crippen LogP contribution in [0.3, 0.4) is 0 Å². The normalized spacial score (nSPS) is 16.8. The molecule has 5 rings (SSSR count).